The third-order valence-electron chi connectivity index (χ3n) is 3.73. The number of anilines is 1. The predicted molar refractivity (Wildman–Crippen MR) is 87.2 cm³/mol. The minimum Gasteiger partial charge on any atom is -0.384 e. The van der Waals surface area contributed by atoms with E-state index in [9.17, 15) is 0 Å². The topological polar surface area (TPSA) is 70.9 Å². The average Bonchev–Trinajstić information content (AvgIpc) is 2.72. The van der Waals surface area contributed by atoms with Crippen molar-refractivity contribution in [3.05, 3.63) is 46.1 Å². The molecule has 0 amide bonds. The van der Waals surface area contributed by atoms with Gasteiger partial charge in [0.2, 0.25) is 0 Å². The highest BCUT2D eigenvalue weighted by Gasteiger charge is 2.23. The molecule has 1 heterocycles. The first-order valence-corrected chi connectivity index (χ1v) is 7.07. The van der Waals surface area contributed by atoms with Crippen LogP contribution in [0, 0.1) is 12.3 Å². The first kappa shape index (κ1) is 15.4. The second-order valence-corrected chi connectivity index (χ2v) is 5.54. The standard InChI is InChI=1S/C15H20ClN5/c1-9-13(14(17)18)15(21(4)19-9)20(3)10(2)11-7-5-6-8-12(11)16/h5-8,10H,1-4H3,(H3,17,18). The number of hydrogen-bond acceptors (Lipinski definition) is 3. The fourth-order valence-corrected chi connectivity index (χ4v) is 2.87. The Labute approximate surface area is 129 Å². The Morgan fingerprint density at radius 1 is 1.43 bits per heavy atom. The molecule has 6 heteroatoms. The molecule has 1 atom stereocenters. The highest BCUT2D eigenvalue weighted by molar-refractivity contribution is 6.31. The average molecular weight is 306 g/mol. The number of rotatable bonds is 4. The lowest BCUT2D eigenvalue weighted by molar-refractivity contribution is 0.673. The van der Waals surface area contributed by atoms with Crippen LogP contribution in [0.3, 0.4) is 0 Å². The van der Waals surface area contributed by atoms with Crippen molar-refractivity contribution in [2.45, 2.75) is 19.9 Å². The van der Waals surface area contributed by atoms with Crippen LogP contribution in [0.1, 0.15) is 29.8 Å². The summed E-state index contributed by atoms with van der Waals surface area (Å²) in [5, 5.41) is 12.9. The van der Waals surface area contributed by atoms with Crippen LogP contribution in [-0.4, -0.2) is 22.7 Å². The molecule has 0 aliphatic rings. The molecule has 1 aromatic carbocycles. The summed E-state index contributed by atoms with van der Waals surface area (Å²) in [5.74, 6) is 0.834. The number of amidine groups is 1. The molecule has 3 N–H and O–H groups in total. The largest absolute Gasteiger partial charge is 0.384 e. The van der Waals surface area contributed by atoms with Crippen LogP contribution in [0.25, 0.3) is 0 Å². The number of aromatic nitrogens is 2. The number of nitrogens with one attached hydrogen (secondary N) is 1. The Hall–Kier alpha value is -2.01. The molecular weight excluding hydrogens is 286 g/mol. The van der Waals surface area contributed by atoms with Crippen LogP contribution in [0.5, 0.6) is 0 Å². The summed E-state index contributed by atoms with van der Waals surface area (Å²) in [6.07, 6.45) is 0. The van der Waals surface area contributed by atoms with Crippen molar-refractivity contribution < 1.29 is 0 Å². The number of nitrogens with zero attached hydrogens (tertiary/aromatic N) is 3. The van der Waals surface area contributed by atoms with Crippen molar-refractivity contribution in [1.82, 2.24) is 9.78 Å². The van der Waals surface area contributed by atoms with Gasteiger partial charge in [0.15, 0.2) is 0 Å². The van der Waals surface area contributed by atoms with Gasteiger partial charge in [-0.15, -0.1) is 0 Å². The van der Waals surface area contributed by atoms with Crippen LogP contribution in [-0.2, 0) is 7.05 Å². The summed E-state index contributed by atoms with van der Waals surface area (Å²) in [6.45, 7) is 3.92. The smallest absolute Gasteiger partial charge is 0.138 e. The van der Waals surface area contributed by atoms with Crippen LogP contribution in [0.2, 0.25) is 5.02 Å². The first-order valence-electron chi connectivity index (χ1n) is 6.69. The van der Waals surface area contributed by atoms with Crippen LogP contribution in [0.15, 0.2) is 24.3 Å². The lowest BCUT2D eigenvalue weighted by atomic mass is 10.1. The lowest BCUT2D eigenvalue weighted by Crippen LogP contribution is -2.27. The molecule has 1 aromatic heterocycles. The normalized spacial score (nSPS) is 12.2. The molecule has 0 aliphatic heterocycles. The van der Waals surface area contributed by atoms with E-state index in [2.05, 4.69) is 12.0 Å². The van der Waals surface area contributed by atoms with E-state index < -0.39 is 0 Å². The maximum Gasteiger partial charge on any atom is 0.138 e. The zero-order valence-electron chi connectivity index (χ0n) is 12.7. The summed E-state index contributed by atoms with van der Waals surface area (Å²) >= 11 is 6.28. The molecule has 0 fully saturated rings. The fourth-order valence-electron chi connectivity index (χ4n) is 2.57. The van der Waals surface area contributed by atoms with Crippen molar-refractivity contribution >= 4 is 23.3 Å². The number of halogens is 1. The van der Waals surface area contributed by atoms with Gasteiger partial charge in [-0.1, -0.05) is 29.8 Å². The van der Waals surface area contributed by atoms with Crippen molar-refractivity contribution in [2.75, 3.05) is 11.9 Å². The van der Waals surface area contributed by atoms with Gasteiger partial charge in [-0.25, -0.2) is 0 Å². The molecule has 2 rings (SSSR count). The molecule has 0 bridgehead atoms. The number of nitrogens with two attached hydrogens (primary N) is 1. The molecular formula is C15H20ClN5. The molecule has 0 radical (unpaired) electrons. The van der Waals surface area contributed by atoms with Crippen LogP contribution in [0.4, 0.5) is 5.82 Å². The predicted octanol–water partition coefficient (Wildman–Crippen LogP) is 2.86. The molecule has 0 aliphatic carbocycles. The van der Waals surface area contributed by atoms with Gasteiger partial charge in [0.1, 0.15) is 11.7 Å². The molecule has 0 spiro atoms. The molecule has 112 valence electrons. The van der Waals surface area contributed by atoms with Gasteiger partial charge in [-0.05, 0) is 25.5 Å². The van der Waals surface area contributed by atoms with Gasteiger partial charge in [-0.3, -0.25) is 10.1 Å². The van der Waals surface area contributed by atoms with Gasteiger partial charge >= 0.3 is 0 Å². The fraction of sp³-hybridized carbons (Fsp3) is 0.333. The van der Waals surface area contributed by atoms with Crippen LogP contribution >= 0.6 is 11.6 Å². The highest BCUT2D eigenvalue weighted by Crippen LogP contribution is 2.32. The second-order valence-electron chi connectivity index (χ2n) is 5.13. The van der Waals surface area contributed by atoms with Crippen molar-refractivity contribution in [2.24, 2.45) is 12.8 Å². The lowest BCUT2D eigenvalue weighted by Gasteiger charge is -2.28. The third kappa shape index (κ3) is 2.74. The van der Waals surface area contributed by atoms with E-state index in [-0.39, 0.29) is 11.9 Å². The Morgan fingerprint density at radius 2 is 2.05 bits per heavy atom. The summed E-state index contributed by atoms with van der Waals surface area (Å²) in [4.78, 5) is 2.04. The molecule has 21 heavy (non-hydrogen) atoms. The summed E-state index contributed by atoms with van der Waals surface area (Å²) in [6, 6.07) is 7.79. The van der Waals surface area contributed by atoms with Gasteiger partial charge in [0.05, 0.1) is 17.3 Å². The van der Waals surface area contributed by atoms with Crippen LogP contribution < -0.4 is 10.6 Å². The second kappa shape index (κ2) is 5.77. The maximum absolute atomic E-state index is 7.78. The van der Waals surface area contributed by atoms with Crippen molar-refractivity contribution in [1.29, 1.82) is 5.41 Å². The van der Waals surface area contributed by atoms with Crippen molar-refractivity contribution in [3.63, 3.8) is 0 Å². The SMILES string of the molecule is Cc1nn(C)c(N(C)C(C)c2ccccc2Cl)c1C(=N)N. The summed E-state index contributed by atoms with van der Waals surface area (Å²) < 4.78 is 1.75. The number of benzene rings is 1. The number of hydrogen-bond donors (Lipinski definition) is 2. The van der Waals surface area contributed by atoms with Gasteiger partial charge in [0.25, 0.3) is 0 Å². The summed E-state index contributed by atoms with van der Waals surface area (Å²) in [5.41, 5.74) is 8.15. The van der Waals surface area contributed by atoms with Gasteiger partial charge in [0, 0.05) is 19.1 Å². The van der Waals surface area contributed by atoms with Gasteiger partial charge in [-0.2, -0.15) is 5.10 Å². The monoisotopic (exact) mass is 305 g/mol. The Kier molecular flexibility index (Phi) is 4.23. The third-order valence-corrected chi connectivity index (χ3v) is 4.08. The molecule has 0 saturated carbocycles. The Morgan fingerprint density at radius 3 is 2.62 bits per heavy atom. The van der Waals surface area contributed by atoms with E-state index >= 15 is 0 Å². The molecule has 0 saturated heterocycles. The highest BCUT2D eigenvalue weighted by atomic mass is 35.5. The van der Waals surface area contributed by atoms with E-state index in [0.29, 0.717) is 5.56 Å². The van der Waals surface area contributed by atoms with E-state index in [0.717, 1.165) is 22.1 Å². The van der Waals surface area contributed by atoms with E-state index in [1.54, 1.807) is 4.68 Å². The minimum absolute atomic E-state index is 0.0220. The zero-order chi connectivity index (χ0) is 15.7. The molecule has 5 nitrogen and oxygen atoms in total. The minimum atomic E-state index is 0.0220. The zero-order valence-corrected chi connectivity index (χ0v) is 13.4. The van der Waals surface area contributed by atoms with Crippen molar-refractivity contribution in [3.8, 4) is 0 Å². The van der Waals surface area contributed by atoms with E-state index in [1.807, 2.05) is 50.2 Å². The maximum atomic E-state index is 7.78. The molecule has 2 aromatic rings. The Bertz CT molecular complexity index is 677. The van der Waals surface area contributed by atoms with E-state index in [4.69, 9.17) is 22.7 Å². The molecule has 1 unspecified atom stereocenters. The van der Waals surface area contributed by atoms with Gasteiger partial charge < -0.3 is 10.6 Å². The number of aryl methyl sites for hydroxylation is 2. The summed E-state index contributed by atoms with van der Waals surface area (Å²) in [7, 11) is 3.81. The van der Waals surface area contributed by atoms with E-state index in [1.165, 1.54) is 0 Å². The number of nitrogen functional groups attached to an aromatic ring is 1. The quantitative estimate of drug-likeness (QED) is 0.674. The Balaban J connectivity index is 2.48. The first-order chi connectivity index (χ1) is 9.84.